The number of esters is 1. The smallest absolute Gasteiger partial charge is 0.309 e. The minimum atomic E-state index is -0.207. The maximum atomic E-state index is 13.3. The number of unbranched alkanes of at least 4 members (excludes halogenated alkanes) is 1. The van der Waals surface area contributed by atoms with E-state index in [1.807, 2.05) is 53.0 Å². The van der Waals surface area contributed by atoms with Gasteiger partial charge in [-0.3, -0.25) is 9.59 Å². The van der Waals surface area contributed by atoms with Crippen LogP contribution in [0.3, 0.4) is 0 Å². The molecule has 1 fully saturated rings. The molecule has 2 aromatic rings. The number of hydrogen-bond acceptors (Lipinski definition) is 4. The Kier molecular flexibility index (Phi) is 9.59. The number of methoxy groups -OCH3 is 1. The highest BCUT2D eigenvalue weighted by Crippen LogP contribution is 2.27. The van der Waals surface area contributed by atoms with Gasteiger partial charge in [0.15, 0.2) is 0 Å². The molecule has 1 unspecified atom stereocenters. The highest BCUT2D eigenvalue weighted by molar-refractivity contribution is 7.97. The number of carbonyl (C=O) groups is 2. The van der Waals surface area contributed by atoms with Gasteiger partial charge in [-0.2, -0.15) is 0 Å². The van der Waals surface area contributed by atoms with Crippen LogP contribution in [0.4, 0.5) is 0 Å². The van der Waals surface area contributed by atoms with E-state index >= 15 is 0 Å². The second-order valence-electron chi connectivity index (χ2n) is 8.35. The third-order valence-corrected chi connectivity index (χ3v) is 7.38. The van der Waals surface area contributed by atoms with Gasteiger partial charge in [-0.15, -0.1) is 0 Å². The van der Waals surface area contributed by atoms with Crippen LogP contribution in [0.2, 0.25) is 5.02 Å². The van der Waals surface area contributed by atoms with E-state index in [-0.39, 0.29) is 23.0 Å². The fourth-order valence-electron chi connectivity index (χ4n) is 4.28. The van der Waals surface area contributed by atoms with Gasteiger partial charge >= 0.3 is 5.97 Å². The molecule has 0 N–H and O–H groups in total. The monoisotopic (exact) mass is 492 g/mol. The van der Waals surface area contributed by atoms with Crippen molar-refractivity contribution in [1.82, 2.24) is 9.47 Å². The van der Waals surface area contributed by atoms with E-state index in [9.17, 15) is 9.59 Å². The number of amides is 1. The minimum absolute atomic E-state index is 0.000966. The fraction of sp³-hybridized carbons (Fsp3) is 0.480. The van der Waals surface area contributed by atoms with Crippen molar-refractivity contribution in [3.63, 3.8) is 0 Å². The normalized spacial score (nSPS) is 18.3. The molecule has 2 atom stereocenters. The molecule has 0 radical (unpaired) electrons. The summed E-state index contributed by atoms with van der Waals surface area (Å²) in [5, 5.41) is 0.714. The second kappa shape index (κ2) is 12.4. The zero-order valence-corrected chi connectivity index (χ0v) is 21.0. The molecule has 1 aliphatic rings. The van der Waals surface area contributed by atoms with E-state index < -0.39 is 0 Å². The molecule has 0 bridgehead atoms. The van der Waals surface area contributed by atoms with Crippen molar-refractivity contribution < 1.29 is 19.1 Å². The largest absolute Gasteiger partial charge is 0.469 e. The summed E-state index contributed by atoms with van der Waals surface area (Å²) in [6.07, 6.45) is 5.19. The molecule has 1 saturated heterocycles. The van der Waals surface area contributed by atoms with Crippen molar-refractivity contribution in [3.8, 4) is 0 Å². The van der Waals surface area contributed by atoms with Crippen LogP contribution >= 0.6 is 23.0 Å². The van der Waals surface area contributed by atoms with E-state index in [0.717, 1.165) is 47.4 Å². The van der Waals surface area contributed by atoms with Crippen molar-refractivity contribution in [2.24, 2.45) is 13.0 Å². The first-order chi connectivity index (χ1) is 15.9. The lowest BCUT2D eigenvalue weighted by molar-refractivity contribution is -0.146. The lowest BCUT2D eigenvalue weighted by Crippen LogP contribution is -2.47. The number of aromatic nitrogens is 1. The number of likely N-dealkylation sites (tertiary alicyclic amines) is 1. The average Bonchev–Trinajstić information content (AvgIpc) is 3.20. The Morgan fingerprint density at radius 2 is 2.09 bits per heavy atom. The third-order valence-electron chi connectivity index (χ3n) is 6.15. The number of carbonyl (C=O) groups excluding carboxylic acids is 2. The zero-order chi connectivity index (χ0) is 23.8. The summed E-state index contributed by atoms with van der Waals surface area (Å²) in [7, 11) is 3.39. The van der Waals surface area contributed by atoms with Gasteiger partial charge < -0.3 is 18.9 Å². The van der Waals surface area contributed by atoms with E-state index in [4.69, 9.17) is 21.1 Å². The Labute approximate surface area is 204 Å². The summed E-state index contributed by atoms with van der Waals surface area (Å²) in [5.74, 6) is 3.58. The highest BCUT2D eigenvalue weighted by Gasteiger charge is 2.35. The molecule has 6 nitrogen and oxygen atoms in total. The van der Waals surface area contributed by atoms with Crippen molar-refractivity contribution >= 4 is 40.7 Å². The molecular weight excluding hydrogens is 460 g/mol. The summed E-state index contributed by atoms with van der Waals surface area (Å²) >= 11 is 6.86. The first-order valence-corrected chi connectivity index (χ1v) is 12.8. The molecule has 1 aromatic heterocycles. The van der Waals surface area contributed by atoms with Gasteiger partial charge in [0.2, 0.25) is 0 Å². The number of hydrogen-bond donors (Lipinski definition) is 1. The second-order valence-corrected chi connectivity index (χ2v) is 9.81. The molecule has 180 valence electrons. The van der Waals surface area contributed by atoms with Gasteiger partial charge in [-0.25, -0.2) is 11.4 Å². The molecule has 0 aliphatic carbocycles. The van der Waals surface area contributed by atoms with Gasteiger partial charge in [0, 0.05) is 48.9 Å². The molecule has 3 rings (SSSR count). The molecule has 33 heavy (non-hydrogen) atoms. The summed E-state index contributed by atoms with van der Waals surface area (Å²) < 4.78 is 12.7. The summed E-state index contributed by atoms with van der Waals surface area (Å²) in [4.78, 5) is 27.2. The van der Waals surface area contributed by atoms with Crippen LogP contribution in [0.25, 0.3) is 0 Å². The molecule has 1 aromatic carbocycles. The van der Waals surface area contributed by atoms with Crippen LogP contribution in [0.1, 0.15) is 40.9 Å². The summed E-state index contributed by atoms with van der Waals surface area (Å²) in [5.41, 5.74) is 2.84. The number of ether oxygens (including phenoxy) is 2. The van der Waals surface area contributed by atoms with Crippen LogP contribution in [0, 0.1) is 5.92 Å². The fourth-order valence-corrected chi connectivity index (χ4v) is 5.33. The summed E-state index contributed by atoms with van der Waals surface area (Å²) in [6, 6.07) is 9.59. The number of thiol groups is 1. The van der Waals surface area contributed by atoms with Gasteiger partial charge in [0.05, 0.1) is 25.2 Å². The Morgan fingerprint density at radius 3 is 2.82 bits per heavy atom. The third kappa shape index (κ3) is 6.71. The van der Waals surface area contributed by atoms with E-state index in [0.29, 0.717) is 37.7 Å². The first-order valence-electron chi connectivity index (χ1n) is 11.2. The topological polar surface area (TPSA) is 60.8 Å². The van der Waals surface area contributed by atoms with Crippen LogP contribution in [0.15, 0.2) is 36.5 Å². The van der Waals surface area contributed by atoms with E-state index in [1.54, 1.807) is 0 Å². The predicted molar refractivity (Wildman–Crippen MR) is 135 cm³/mol. The Balaban J connectivity index is 1.51. The van der Waals surface area contributed by atoms with Gasteiger partial charge in [0.25, 0.3) is 5.91 Å². The molecule has 0 spiro atoms. The minimum Gasteiger partial charge on any atom is -0.469 e. The maximum absolute atomic E-state index is 13.3. The average molecular weight is 493 g/mol. The van der Waals surface area contributed by atoms with Crippen LogP contribution in [-0.2, 0) is 34.3 Å². The highest BCUT2D eigenvalue weighted by atomic mass is 35.5. The van der Waals surface area contributed by atoms with Gasteiger partial charge in [-0.05, 0) is 49.4 Å². The molecule has 0 saturated carbocycles. The number of nitrogens with zero attached hydrogens (tertiary/aromatic N) is 2. The Morgan fingerprint density at radius 1 is 1.27 bits per heavy atom. The molecule has 1 amide bonds. The Hall–Kier alpha value is -2.09. The van der Waals surface area contributed by atoms with Crippen LogP contribution < -0.4 is 0 Å². The SMILES string of the molecule is C=[SH]C1CN(C(=O)c2ccn(C)c2CCCCOCc2cccc(Cl)c2)CC[C@@H]1C(=O)OC. The summed E-state index contributed by atoms with van der Waals surface area (Å²) in [6.45, 7) is 2.28. The van der Waals surface area contributed by atoms with E-state index in [1.165, 1.54) is 7.11 Å². The Bertz CT molecular complexity index is 977. The first kappa shape index (κ1) is 25.5. The van der Waals surface area contributed by atoms with Gasteiger partial charge in [-0.1, -0.05) is 29.6 Å². The number of halogens is 1. The lowest BCUT2D eigenvalue weighted by Gasteiger charge is -2.36. The number of piperidine rings is 1. The lowest BCUT2D eigenvalue weighted by atomic mass is 9.95. The predicted octanol–water partition coefficient (Wildman–Crippen LogP) is 4.12. The van der Waals surface area contributed by atoms with Crippen molar-refractivity contribution in [1.29, 1.82) is 0 Å². The molecular formula is C25H33ClN2O4S. The van der Waals surface area contributed by atoms with Crippen molar-refractivity contribution in [2.45, 2.75) is 37.5 Å². The number of benzene rings is 1. The standard InChI is InChI=1S/C25H33ClN2O4S/c1-27-12-10-20(24(29)28-13-11-21(25(30)31-2)23(16-28)33-3)22(27)9-4-5-14-32-17-18-7-6-8-19(26)15-18/h6-8,10,12,15,21,23,33H,3-5,9,11,13-14,16-17H2,1-2H3/t21-,23?/m0/s1. The zero-order valence-electron chi connectivity index (χ0n) is 19.3. The van der Waals surface area contributed by atoms with E-state index in [2.05, 4.69) is 5.87 Å². The van der Waals surface area contributed by atoms with Crippen LogP contribution in [-0.4, -0.2) is 59.3 Å². The molecule has 2 heterocycles. The number of rotatable bonds is 10. The van der Waals surface area contributed by atoms with Gasteiger partial charge in [0.1, 0.15) is 0 Å². The quantitative estimate of drug-likeness (QED) is 0.234. The van der Waals surface area contributed by atoms with Crippen molar-refractivity contribution in [2.75, 3.05) is 26.8 Å². The van der Waals surface area contributed by atoms with Crippen LogP contribution in [0.5, 0.6) is 0 Å². The molecule has 1 aliphatic heterocycles. The maximum Gasteiger partial charge on any atom is 0.309 e. The molecule has 8 heteroatoms. The van der Waals surface area contributed by atoms with Crippen molar-refractivity contribution in [3.05, 3.63) is 58.4 Å². The number of aryl methyl sites for hydroxylation is 1.